The van der Waals surface area contributed by atoms with Gasteiger partial charge in [0.25, 0.3) is 0 Å². The Morgan fingerprint density at radius 1 is 0.900 bits per heavy atom. The van der Waals surface area contributed by atoms with Gasteiger partial charge < -0.3 is 4.57 Å². The van der Waals surface area contributed by atoms with E-state index >= 15 is 0 Å². The van der Waals surface area contributed by atoms with Crippen LogP contribution in [0.5, 0.6) is 0 Å². The predicted octanol–water partition coefficient (Wildman–Crippen LogP) is 7.43. The van der Waals surface area contributed by atoms with Crippen molar-refractivity contribution in [2.24, 2.45) is 0 Å². The molecule has 148 valence electrons. The molecule has 0 saturated heterocycles. The molecule has 0 N–H and O–H groups in total. The number of allylic oxidation sites excluding steroid dienone is 1. The van der Waals surface area contributed by atoms with Crippen LogP contribution in [0.1, 0.15) is 47.8 Å². The monoisotopic (exact) mass is 390 g/mol. The van der Waals surface area contributed by atoms with E-state index in [1.807, 2.05) is 24.3 Å². The lowest BCUT2D eigenvalue weighted by Gasteiger charge is -2.12. The summed E-state index contributed by atoms with van der Waals surface area (Å²) >= 11 is 0. The first-order valence-corrected chi connectivity index (χ1v) is 10.4. The van der Waals surface area contributed by atoms with Gasteiger partial charge in [0.05, 0.1) is 11.6 Å². The summed E-state index contributed by atoms with van der Waals surface area (Å²) in [6, 6.07) is 27.7. The van der Waals surface area contributed by atoms with Crippen molar-refractivity contribution in [3.8, 4) is 11.8 Å². The number of fused-ring (bicyclic) bond motifs is 1. The molecule has 0 spiro atoms. The van der Waals surface area contributed by atoms with Gasteiger partial charge in [-0.05, 0) is 77.6 Å². The molecule has 30 heavy (non-hydrogen) atoms. The van der Waals surface area contributed by atoms with Crippen LogP contribution in [0.2, 0.25) is 0 Å². The van der Waals surface area contributed by atoms with Crippen LogP contribution in [-0.4, -0.2) is 4.57 Å². The van der Waals surface area contributed by atoms with Gasteiger partial charge in [-0.2, -0.15) is 5.26 Å². The van der Waals surface area contributed by atoms with E-state index in [1.165, 1.54) is 10.9 Å². The number of benzene rings is 3. The average molecular weight is 391 g/mol. The van der Waals surface area contributed by atoms with Crippen molar-refractivity contribution in [3.05, 3.63) is 101 Å². The maximum absolute atomic E-state index is 9.85. The van der Waals surface area contributed by atoms with Crippen molar-refractivity contribution < 1.29 is 0 Å². The Morgan fingerprint density at radius 3 is 2.27 bits per heavy atom. The summed E-state index contributed by atoms with van der Waals surface area (Å²) in [5.74, 6) is 0.518. The minimum atomic E-state index is 0.518. The van der Waals surface area contributed by atoms with E-state index < -0.39 is 0 Å². The van der Waals surface area contributed by atoms with Gasteiger partial charge in [0, 0.05) is 17.1 Å². The third-order valence-corrected chi connectivity index (χ3v) is 5.77. The number of hydrogen-bond acceptors (Lipinski definition) is 1. The second-order valence-corrected chi connectivity index (χ2v) is 8.14. The minimum Gasteiger partial charge on any atom is -0.318 e. The fourth-order valence-electron chi connectivity index (χ4n) is 4.03. The van der Waals surface area contributed by atoms with E-state index in [2.05, 4.69) is 92.9 Å². The number of rotatable bonds is 4. The highest BCUT2D eigenvalue weighted by atomic mass is 15.0. The van der Waals surface area contributed by atoms with Crippen LogP contribution < -0.4 is 0 Å². The maximum atomic E-state index is 9.85. The Labute approximate surface area is 178 Å². The van der Waals surface area contributed by atoms with Crippen molar-refractivity contribution in [2.45, 2.75) is 33.6 Å². The van der Waals surface area contributed by atoms with Gasteiger partial charge in [-0.15, -0.1) is 0 Å². The van der Waals surface area contributed by atoms with Crippen molar-refractivity contribution in [1.29, 1.82) is 5.26 Å². The number of nitrogens with zero attached hydrogens (tertiary/aromatic N) is 2. The van der Waals surface area contributed by atoms with Gasteiger partial charge in [0.15, 0.2) is 0 Å². The van der Waals surface area contributed by atoms with E-state index in [-0.39, 0.29) is 0 Å². The second-order valence-electron chi connectivity index (χ2n) is 8.14. The highest BCUT2D eigenvalue weighted by molar-refractivity contribution is 5.94. The van der Waals surface area contributed by atoms with Gasteiger partial charge in [-0.1, -0.05) is 62.4 Å². The van der Waals surface area contributed by atoms with Gasteiger partial charge in [-0.3, -0.25) is 0 Å². The zero-order valence-electron chi connectivity index (χ0n) is 18.0. The van der Waals surface area contributed by atoms with Crippen LogP contribution in [0.15, 0.2) is 72.8 Å². The second kappa shape index (κ2) is 8.05. The Kier molecular flexibility index (Phi) is 5.29. The zero-order valence-corrected chi connectivity index (χ0v) is 18.0. The molecule has 0 bridgehead atoms. The minimum absolute atomic E-state index is 0.518. The van der Waals surface area contributed by atoms with Crippen molar-refractivity contribution >= 4 is 22.4 Å². The normalized spacial score (nSPS) is 11.8. The summed E-state index contributed by atoms with van der Waals surface area (Å²) in [6.45, 7) is 8.65. The van der Waals surface area contributed by atoms with E-state index in [9.17, 15) is 5.26 Å². The van der Waals surface area contributed by atoms with Crippen molar-refractivity contribution in [2.75, 3.05) is 0 Å². The molecule has 3 aromatic carbocycles. The van der Waals surface area contributed by atoms with Gasteiger partial charge >= 0.3 is 0 Å². The highest BCUT2D eigenvalue weighted by Crippen LogP contribution is 2.27. The molecule has 0 unspecified atom stereocenters. The molecule has 0 saturated carbocycles. The number of aromatic nitrogens is 1. The predicted molar refractivity (Wildman–Crippen MR) is 127 cm³/mol. The summed E-state index contributed by atoms with van der Waals surface area (Å²) in [4.78, 5) is 0. The van der Waals surface area contributed by atoms with E-state index in [0.717, 1.165) is 33.6 Å². The highest BCUT2D eigenvalue weighted by Gasteiger charge is 2.12. The molecule has 2 nitrogen and oxygen atoms in total. The molecular formula is C28H26N2. The summed E-state index contributed by atoms with van der Waals surface area (Å²) in [5.41, 5.74) is 7.48. The first-order valence-electron chi connectivity index (χ1n) is 10.4. The largest absolute Gasteiger partial charge is 0.318 e. The van der Waals surface area contributed by atoms with E-state index in [1.54, 1.807) is 0 Å². The number of aryl methyl sites for hydroxylation is 1. The Bertz CT molecular complexity index is 1280. The molecule has 0 amide bonds. The molecule has 0 aliphatic carbocycles. The number of nitriles is 1. The summed E-state index contributed by atoms with van der Waals surface area (Å²) in [7, 11) is 0. The molecular weight excluding hydrogens is 364 g/mol. The Morgan fingerprint density at radius 2 is 1.60 bits per heavy atom. The van der Waals surface area contributed by atoms with Crippen LogP contribution >= 0.6 is 0 Å². The van der Waals surface area contributed by atoms with Crippen LogP contribution in [-0.2, 0) is 0 Å². The Hall–Kier alpha value is -3.57. The molecule has 0 aliphatic rings. The van der Waals surface area contributed by atoms with Gasteiger partial charge in [-0.25, -0.2) is 0 Å². The molecule has 0 radical (unpaired) electrons. The first kappa shape index (κ1) is 19.7. The van der Waals surface area contributed by atoms with Gasteiger partial charge in [0.1, 0.15) is 0 Å². The molecule has 0 aliphatic heterocycles. The quantitative estimate of drug-likeness (QED) is 0.333. The molecule has 4 rings (SSSR count). The summed E-state index contributed by atoms with van der Waals surface area (Å²) in [5, 5.41) is 12.2. The number of hydrogen-bond donors (Lipinski definition) is 0. The van der Waals surface area contributed by atoms with Crippen LogP contribution in [0.3, 0.4) is 0 Å². The fourth-order valence-corrected chi connectivity index (χ4v) is 4.03. The summed E-state index contributed by atoms with van der Waals surface area (Å²) in [6.07, 6.45) is 2.01. The SMILES string of the molecule is Cc1cc(/C=C(/C#N)c2ccc3ccccc3c2)c(C)n1-c1ccc(C(C)C)cc1. The topological polar surface area (TPSA) is 28.7 Å². The Balaban J connectivity index is 1.75. The fraction of sp³-hybridized carbons (Fsp3) is 0.179. The molecule has 0 atom stereocenters. The van der Waals surface area contributed by atoms with E-state index in [4.69, 9.17) is 0 Å². The molecule has 4 aromatic rings. The molecule has 1 aromatic heterocycles. The molecule has 1 heterocycles. The maximum Gasteiger partial charge on any atom is 0.0998 e. The van der Waals surface area contributed by atoms with Crippen molar-refractivity contribution in [1.82, 2.24) is 4.57 Å². The first-order chi connectivity index (χ1) is 14.5. The lowest BCUT2D eigenvalue weighted by molar-refractivity contribution is 0.863. The average Bonchev–Trinajstić information content (AvgIpc) is 3.04. The standard InChI is InChI=1S/C28H26N2/c1-19(2)22-11-13-28(14-12-22)30-20(3)15-26(21(30)4)17-27(18-29)25-10-9-23-7-5-6-8-24(23)16-25/h5-17,19H,1-4H3/b27-17-. The van der Waals surface area contributed by atoms with Crippen LogP contribution in [0.25, 0.3) is 28.1 Å². The molecule has 0 fully saturated rings. The van der Waals surface area contributed by atoms with Crippen LogP contribution in [0.4, 0.5) is 0 Å². The van der Waals surface area contributed by atoms with E-state index in [0.29, 0.717) is 11.5 Å². The lowest BCUT2D eigenvalue weighted by atomic mass is 10.0. The zero-order chi connectivity index (χ0) is 21.3. The third kappa shape index (κ3) is 3.67. The molecule has 2 heteroatoms. The third-order valence-electron chi connectivity index (χ3n) is 5.77. The van der Waals surface area contributed by atoms with Crippen LogP contribution in [0, 0.1) is 25.2 Å². The van der Waals surface area contributed by atoms with Gasteiger partial charge in [0.2, 0.25) is 0 Å². The summed E-state index contributed by atoms with van der Waals surface area (Å²) < 4.78 is 2.26. The van der Waals surface area contributed by atoms with Crippen molar-refractivity contribution in [3.63, 3.8) is 0 Å². The smallest absolute Gasteiger partial charge is 0.0998 e. The lowest BCUT2D eigenvalue weighted by Crippen LogP contribution is -1.99.